The van der Waals surface area contributed by atoms with Gasteiger partial charge in [0, 0.05) is 27.5 Å². The number of benzene rings is 3. The lowest BCUT2D eigenvalue weighted by atomic mass is 9.80. The zero-order valence-corrected chi connectivity index (χ0v) is 51.5. The molecule has 4 aliphatic rings. The van der Waals surface area contributed by atoms with Gasteiger partial charge in [0.05, 0.1) is 17.4 Å². The van der Waals surface area contributed by atoms with E-state index in [2.05, 4.69) is 120 Å². The van der Waals surface area contributed by atoms with Gasteiger partial charge in [0.2, 0.25) is 5.91 Å². The second-order valence-electron chi connectivity index (χ2n) is 24.2. The number of aromatic amines is 1. The van der Waals surface area contributed by atoms with Crippen LogP contribution in [0.25, 0.3) is 10.8 Å². The molecule has 4 heterocycles. The van der Waals surface area contributed by atoms with Gasteiger partial charge in [-0.2, -0.15) is 0 Å². The minimum Gasteiger partial charge on any atom is -0.324 e. The molecular formula is C72H101N7O2. The van der Waals surface area contributed by atoms with Crippen LogP contribution >= 0.6 is 0 Å². The van der Waals surface area contributed by atoms with E-state index in [1.54, 1.807) is 0 Å². The third-order valence-electron chi connectivity index (χ3n) is 17.7. The van der Waals surface area contributed by atoms with Crippen LogP contribution < -0.4 is 10.6 Å². The number of nitrogens with one attached hydrogen (secondary N) is 3. The number of aromatic nitrogens is 1. The largest absolute Gasteiger partial charge is 0.324 e. The number of amidine groups is 4. The van der Waals surface area contributed by atoms with E-state index in [0.717, 1.165) is 175 Å². The summed E-state index contributed by atoms with van der Waals surface area (Å²) in [5.74, 6) is 3.41. The number of carbonyl (C=O) groups is 2. The Morgan fingerprint density at radius 1 is 0.395 bits per heavy atom. The normalized spacial score (nSPS) is 18.0. The molecule has 1 aromatic heterocycles. The Morgan fingerprint density at radius 2 is 0.778 bits per heavy atom. The molecule has 436 valence electrons. The van der Waals surface area contributed by atoms with Crippen LogP contribution in [0.15, 0.2) is 79.7 Å². The standard InChI is InChI=1S/C72H101N7O2/c1-9-17-25-33-49-41-57-59(43-51(49)35-27-19-11-3)67(76-69-61-45-53(37-29-21-13-5)55(39-31-23-15-7)47-63(61)71(80)78-69)74-65(57)73-66-58-42-50(34-26-18-10-2)52(36-28-20-12-4)44-60(58)68(75-66)77-70-62-46-54(38-30-22-14-6)56(40-32-24-16-8)48-64(62)72(81)79-70/h41-48,61,63,74H,9-40H2,1-8H3,(H,76,78,80)(H,73,75,77,79,81). The van der Waals surface area contributed by atoms with Crippen molar-refractivity contribution in [1.29, 1.82) is 0 Å². The highest BCUT2D eigenvalue weighted by Crippen LogP contribution is 2.42. The Labute approximate surface area is 488 Å². The Morgan fingerprint density at radius 3 is 1.23 bits per heavy atom. The number of fused-ring (bicyclic) bond motifs is 4. The molecule has 8 rings (SSSR count). The number of hydrogen-bond donors (Lipinski definition) is 3. The van der Waals surface area contributed by atoms with Crippen molar-refractivity contribution in [2.45, 2.75) is 261 Å². The second-order valence-corrected chi connectivity index (χ2v) is 24.2. The summed E-state index contributed by atoms with van der Waals surface area (Å²) in [5.41, 5.74) is 14.4. The first-order valence-electron chi connectivity index (χ1n) is 33.1. The highest BCUT2D eigenvalue weighted by atomic mass is 16.2. The molecule has 3 aromatic carbocycles. The zero-order chi connectivity index (χ0) is 57.1. The molecule has 0 radical (unpaired) electrons. The Bertz CT molecular complexity index is 3000. The molecular weight excluding hydrogens is 995 g/mol. The van der Waals surface area contributed by atoms with Gasteiger partial charge in [-0.15, -0.1) is 0 Å². The molecule has 0 spiro atoms. The van der Waals surface area contributed by atoms with E-state index in [9.17, 15) is 9.59 Å². The number of amides is 2. The fourth-order valence-electron chi connectivity index (χ4n) is 12.8. The van der Waals surface area contributed by atoms with E-state index in [1.165, 1.54) is 109 Å². The van der Waals surface area contributed by atoms with Crippen molar-refractivity contribution in [3.05, 3.63) is 115 Å². The number of H-pyrrole nitrogens is 1. The molecule has 3 N–H and O–H groups in total. The smallest absolute Gasteiger partial charge is 0.257 e. The van der Waals surface area contributed by atoms with Gasteiger partial charge >= 0.3 is 0 Å². The summed E-state index contributed by atoms with van der Waals surface area (Å²) in [6.45, 7) is 18.1. The van der Waals surface area contributed by atoms with E-state index in [4.69, 9.17) is 20.0 Å². The number of hydrogen-bond acceptors (Lipinski definition) is 5. The first-order chi connectivity index (χ1) is 39.7. The summed E-state index contributed by atoms with van der Waals surface area (Å²) in [5, 5.41) is 8.58. The number of aliphatic imine (C=N–C) groups is 4. The average molecular weight is 1100 g/mol. The number of unbranched alkanes of at least 4 members (excludes halogenated alkanes) is 16. The predicted octanol–water partition coefficient (Wildman–Crippen LogP) is 19.0. The average Bonchev–Trinajstić information content (AvgIpc) is 3.90. The maximum atomic E-state index is 14.1. The molecule has 1 saturated heterocycles. The minimum atomic E-state index is -0.272. The van der Waals surface area contributed by atoms with E-state index in [-0.39, 0.29) is 23.7 Å². The van der Waals surface area contributed by atoms with Crippen LogP contribution in [0.3, 0.4) is 0 Å². The van der Waals surface area contributed by atoms with Gasteiger partial charge in [-0.3, -0.25) is 9.59 Å². The SMILES string of the molecule is CCCCCC1=CC2C(=O)N/C(=N\c3[nH]c(/N=C4\N=C(N=C5NC(=O)c6cc(CCCCC)c(CCCCC)cc65)c5cc(CCCCC)c(CCCCC)cc54)c4cc(CCCCC)c(CCCCC)cc34)C2C=C1CCCCC. The molecule has 1 aliphatic carbocycles. The van der Waals surface area contributed by atoms with Gasteiger partial charge in [0.1, 0.15) is 23.3 Å². The van der Waals surface area contributed by atoms with E-state index in [1.807, 2.05) is 0 Å². The molecule has 0 saturated carbocycles. The maximum Gasteiger partial charge on any atom is 0.257 e. The number of allylic oxidation sites excluding steroid dienone is 2. The van der Waals surface area contributed by atoms with Gasteiger partial charge in [0.15, 0.2) is 11.7 Å². The van der Waals surface area contributed by atoms with E-state index in [0.29, 0.717) is 34.7 Å². The quantitative estimate of drug-likeness (QED) is 0.0403. The lowest BCUT2D eigenvalue weighted by Gasteiger charge is -2.23. The Hall–Kier alpha value is -5.70. The van der Waals surface area contributed by atoms with Crippen LogP contribution in [-0.2, 0) is 43.3 Å². The molecule has 0 bridgehead atoms. The lowest BCUT2D eigenvalue weighted by Crippen LogP contribution is -2.22. The highest BCUT2D eigenvalue weighted by Gasteiger charge is 2.40. The van der Waals surface area contributed by atoms with Crippen LogP contribution in [0.2, 0.25) is 0 Å². The monoisotopic (exact) mass is 1100 g/mol. The molecule has 3 aliphatic heterocycles. The highest BCUT2D eigenvalue weighted by molar-refractivity contribution is 6.30. The summed E-state index contributed by atoms with van der Waals surface area (Å²) in [6.07, 6.45) is 40.5. The summed E-state index contributed by atoms with van der Waals surface area (Å²) in [7, 11) is 0. The zero-order valence-electron chi connectivity index (χ0n) is 51.5. The lowest BCUT2D eigenvalue weighted by molar-refractivity contribution is -0.121. The van der Waals surface area contributed by atoms with Crippen molar-refractivity contribution in [3.8, 4) is 0 Å². The predicted molar refractivity (Wildman–Crippen MR) is 344 cm³/mol. The number of aryl methyl sites for hydroxylation is 6. The summed E-state index contributed by atoms with van der Waals surface area (Å²) in [6, 6.07) is 13.9. The minimum absolute atomic E-state index is 0.0291. The second kappa shape index (κ2) is 31.1. The van der Waals surface area contributed by atoms with Crippen LogP contribution in [-0.4, -0.2) is 40.1 Å². The van der Waals surface area contributed by atoms with Crippen molar-refractivity contribution in [2.24, 2.45) is 31.8 Å². The van der Waals surface area contributed by atoms with Crippen molar-refractivity contribution in [2.75, 3.05) is 0 Å². The van der Waals surface area contributed by atoms with E-state index >= 15 is 0 Å². The van der Waals surface area contributed by atoms with Crippen molar-refractivity contribution < 1.29 is 9.59 Å². The van der Waals surface area contributed by atoms with Crippen LogP contribution in [0.1, 0.15) is 283 Å². The Kier molecular flexibility index (Phi) is 23.6. The molecule has 4 aromatic rings. The molecule has 1 fully saturated rings. The van der Waals surface area contributed by atoms with Gasteiger partial charge in [-0.25, -0.2) is 20.0 Å². The molecule has 81 heavy (non-hydrogen) atoms. The third-order valence-corrected chi connectivity index (χ3v) is 17.7. The van der Waals surface area contributed by atoms with Gasteiger partial charge in [-0.1, -0.05) is 170 Å². The molecule has 2 unspecified atom stereocenters. The first kappa shape index (κ1) is 61.4. The fraction of sp³-hybridized carbons (Fsp3) is 0.583. The summed E-state index contributed by atoms with van der Waals surface area (Å²) >= 11 is 0. The first-order valence-corrected chi connectivity index (χ1v) is 33.1. The summed E-state index contributed by atoms with van der Waals surface area (Å²) in [4.78, 5) is 53.9. The number of rotatable bonds is 34. The summed E-state index contributed by atoms with van der Waals surface area (Å²) < 4.78 is 0. The van der Waals surface area contributed by atoms with Gasteiger partial charge in [0.25, 0.3) is 5.91 Å². The maximum absolute atomic E-state index is 14.1. The van der Waals surface area contributed by atoms with Crippen LogP contribution in [0.5, 0.6) is 0 Å². The molecule has 9 nitrogen and oxygen atoms in total. The van der Waals surface area contributed by atoms with E-state index < -0.39 is 0 Å². The van der Waals surface area contributed by atoms with Crippen LogP contribution in [0, 0.1) is 11.8 Å². The van der Waals surface area contributed by atoms with Crippen LogP contribution in [0.4, 0.5) is 11.6 Å². The fourth-order valence-corrected chi connectivity index (χ4v) is 12.8. The number of carbonyl (C=O) groups excluding carboxylic acids is 2. The molecule has 9 heteroatoms. The van der Waals surface area contributed by atoms with Crippen molar-refractivity contribution >= 4 is 57.6 Å². The molecule has 2 amide bonds. The third kappa shape index (κ3) is 15.5. The topological polar surface area (TPSA) is 123 Å². The van der Waals surface area contributed by atoms with Crippen molar-refractivity contribution in [3.63, 3.8) is 0 Å². The van der Waals surface area contributed by atoms with Gasteiger partial charge < -0.3 is 15.6 Å². The Balaban J connectivity index is 1.31. The molecule has 2 atom stereocenters. The number of nitrogens with zero attached hydrogens (tertiary/aromatic N) is 4. The van der Waals surface area contributed by atoms with Gasteiger partial charge in [-0.05, 0) is 184 Å². The van der Waals surface area contributed by atoms with Crippen molar-refractivity contribution in [1.82, 2.24) is 15.6 Å².